The lowest BCUT2D eigenvalue weighted by atomic mass is 10.2. The van der Waals surface area contributed by atoms with Gasteiger partial charge in [0.2, 0.25) is 0 Å². The first-order valence-corrected chi connectivity index (χ1v) is 7.82. The quantitative estimate of drug-likeness (QED) is 0.508. The van der Waals surface area contributed by atoms with E-state index in [0.29, 0.717) is 0 Å². The third-order valence-electron chi connectivity index (χ3n) is 3.29. The summed E-state index contributed by atoms with van der Waals surface area (Å²) in [6, 6.07) is 0. The zero-order valence-electron chi connectivity index (χ0n) is 11.1. The molecule has 120 valence electrons. The number of fused-ring (bicyclic) bond motifs is 1. The Hall–Kier alpha value is -1.62. The van der Waals surface area contributed by atoms with E-state index in [1.165, 1.54) is 17.2 Å². The summed E-state index contributed by atoms with van der Waals surface area (Å²) < 4.78 is 22.0. The molecule has 1 saturated heterocycles. The van der Waals surface area contributed by atoms with E-state index in [9.17, 15) is 14.5 Å². The number of nitrogens with one attached hydrogen (secondary N) is 1. The van der Waals surface area contributed by atoms with Gasteiger partial charge < -0.3 is 24.6 Å². The monoisotopic (exact) mass is 332 g/mol. The zero-order chi connectivity index (χ0) is 15.9. The summed E-state index contributed by atoms with van der Waals surface area (Å²) in [6.07, 6.45) is 0.182. The maximum Gasteiger partial charge on any atom is 0.469 e. The van der Waals surface area contributed by atoms with E-state index in [-0.39, 0.29) is 17.6 Å². The van der Waals surface area contributed by atoms with Crippen molar-refractivity contribution >= 4 is 19.0 Å². The summed E-state index contributed by atoms with van der Waals surface area (Å²) in [5.41, 5.74) is 0.0247. The number of aromatic nitrogens is 4. The molecule has 3 rings (SSSR count). The molecule has 0 amide bonds. The van der Waals surface area contributed by atoms with Crippen LogP contribution in [0.5, 0.6) is 0 Å². The van der Waals surface area contributed by atoms with Crippen molar-refractivity contribution in [2.75, 3.05) is 6.61 Å². The third kappa shape index (κ3) is 2.95. The molecule has 1 fully saturated rings. The molecule has 11 nitrogen and oxygen atoms in total. The summed E-state index contributed by atoms with van der Waals surface area (Å²) in [4.78, 5) is 39.3. The normalized spacial score (nSPS) is 25.9. The van der Waals surface area contributed by atoms with E-state index < -0.39 is 38.4 Å². The molecule has 0 bridgehead atoms. The minimum absolute atomic E-state index is 0.135. The Labute approximate surface area is 122 Å². The summed E-state index contributed by atoms with van der Waals surface area (Å²) in [7, 11) is -4.64. The smallest absolute Gasteiger partial charge is 0.390 e. The highest BCUT2D eigenvalue weighted by molar-refractivity contribution is 7.46. The minimum Gasteiger partial charge on any atom is -0.390 e. The number of phosphoric acid groups is 1. The molecule has 3 heterocycles. The van der Waals surface area contributed by atoms with Crippen LogP contribution in [0, 0.1) is 0 Å². The van der Waals surface area contributed by atoms with Gasteiger partial charge in [0, 0.05) is 6.42 Å². The van der Waals surface area contributed by atoms with Gasteiger partial charge in [-0.3, -0.25) is 13.9 Å². The van der Waals surface area contributed by atoms with Crippen LogP contribution in [0.4, 0.5) is 0 Å². The number of phosphoric ester groups is 1. The molecule has 0 saturated carbocycles. The SMILES string of the molecule is O=c1[nH]cnc2c1ncn2[C@H]1C[C@H](O)[C@@H](COP(=O)(O)O)O1. The maximum absolute atomic E-state index is 11.6. The second-order valence-electron chi connectivity index (χ2n) is 4.77. The van der Waals surface area contributed by atoms with Gasteiger partial charge in [0.1, 0.15) is 12.3 Å². The van der Waals surface area contributed by atoms with Crippen molar-refractivity contribution in [2.45, 2.75) is 24.9 Å². The Morgan fingerprint density at radius 1 is 1.50 bits per heavy atom. The van der Waals surface area contributed by atoms with Gasteiger partial charge in [0.25, 0.3) is 5.56 Å². The van der Waals surface area contributed by atoms with Crippen LogP contribution in [0.3, 0.4) is 0 Å². The number of H-pyrrole nitrogens is 1. The van der Waals surface area contributed by atoms with Crippen molar-refractivity contribution in [3.05, 3.63) is 23.0 Å². The molecule has 1 aliphatic rings. The van der Waals surface area contributed by atoms with Gasteiger partial charge in [-0.25, -0.2) is 14.5 Å². The Kier molecular flexibility index (Phi) is 3.85. The summed E-state index contributed by atoms with van der Waals surface area (Å²) >= 11 is 0. The van der Waals surface area contributed by atoms with E-state index in [0.717, 1.165) is 0 Å². The Balaban J connectivity index is 1.80. The second-order valence-corrected chi connectivity index (χ2v) is 6.01. The van der Waals surface area contributed by atoms with Crippen molar-refractivity contribution in [1.82, 2.24) is 19.5 Å². The van der Waals surface area contributed by atoms with Gasteiger partial charge in [0.05, 0.1) is 25.4 Å². The first-order chi connectivity index (χ1) is 10.3. The van der Waals surface area contributed by atoms with Crippen LogP contribution in [0.25, 0.3) is 11.2 Å². The zero-order valence-corrected chi connectivity index (χ0v) is 12.0. The molecule has 22 heavy (non-hydrogen) atoms. The summed E-state index contributed by atoms with van der Waals surface area (Å²) in [6.45, 7) is -0.456. The lowest BCUT2D eigenvalue weighted by Crippen LogP contribution is -2.25. The molecule has 0 spiro atoms. The topological polar surface area (TPSA) is 160 Å². The fourth-order valence-corrected chi connectivity index (χ4v) is 2.62. The lowest BCUT2D eigenvalue weighted by molar-refractivity contribution is -0.0424. The summed E-state index contributed by atoms with van der Waals surface area (Å²) in [5, 5.41) is 9.90. The molecule has 1 aliphatic heterocycles. The number of imidazole rings is 1. The number of rotatable bonds is 4. The third-order valence-corrected chi connectivity index (χ3v) is 3.77. The molecule has 2 aromatic rings. The molecule has 12 heteroatoms. The van der Waals surface area contributed by atoms with Gasteiger partial charge in [0.15, 0.2) is 11.2 Å². The molecule has 3 atom stereocenters. The molecular weight excluding hydrogens is 319 g/mol. The minimum atomic E-state index is -4.64. The largest absolute Gasteiger partial charge is 0.469 e. The van der Waals surface area contributed by atoms with Gasteiger partial charge in [-0.15, -0.1) is 0 Å². The van der Waals surface area contributed by atoms with Crippen molar-refractivity contribution in [3.63, 3.8) is 0 Å². The number of aliphatic hydroxyl groups excluding tert-OH is 1. The predicted molar refractivity (Wildman–Crippen MR) is 70.7 cm³/mol. The number of aliphatic hydroxyl groups is 1. The predicted octanol–water partition coefficient (Wildman–Crippen LogP) is -1.12. The molecule has 4 N–H and O–H groups in total. The highest BCUT2D eigenvalue weighted by atomic mass is 31.2. The fraction of sp³-hybridized carbons (Fsp3) is 0.500. The van der Waals surface area contributed by atoms with Crippen LogP contribution in [0.15, 0.2) is 17.4 Å². The molecular formula is C10H13N4O7P. The van der Waals surface area contributed by atoms with Gasteiger partial charge >= 0.3 is 7.82 Å². The number of aromatic amines is 1. The second kappa shape index (κ2) is 5.54. The van der Waals surface area contributed by atoms with Crippen molar-refractivity contribution in [1.29, 1.82) is 0 Å². The van der Waals surface area contributed by atoms with Crippen LogP contribution >= 0.6 is 7.82 Å². The average molecular weight is 332 g/mol. The van der Waals surface area contributed by atoms with Crippen LogP contribution in [-0.4, -0.2) is 53.2 Å². The van der Waals surface area contributed by atoms with E-state index in [1.807, 2.05) is 0 Å². The highest BCUT2D eigenvalue weighted by Gasteiger charge is 2.37. The van der Waals surface area contributed by atoms with Crippen molar-refractivity contribution in [3.8, 4) is 0 Å². The molecule has 0 aliphatic carbocycles. The first kappa shape index (κ1) is 15.3. The number of ether oxygens (including phenoxy) is 1. The van der Waals surface area contributed by atoms with Gasteiger partial charge in [-0.1, -0.05) is 0 Å². The number of nitrogens with zero attached hydrogens (tertiary/aromatic N) is 3. The molecule has 0 aromatic carbocycles. The van der Waals surface area contributed by atoms with E-state index in [1.54, 1.807) is 0 Å². The number of hydrogen-bond acceptors (Lipinski definition) is 7. The molecule has 0 unspecified atom stereocenters. The van der Waals surface area contributed by atoms with E-state index >= 15 is 0 Å². The van der Waals surface area contributed by atoms with Crippen LogP contribution in [0.1, 0.15) is 12.6 Å². The molecule has 0 radical (unpaired) electrons. The Morgan fingerprint density at radius 2 is 2.27 bits per heavy atom. The fourth-order valence-electron chi connectivity index (χ4n) is 2.28. The van der Waals surface area contributed by atoms with Crippen molar-refractivity contribution < 1.29 is 28.7 Å². The first-order valence-electron chi connectivity index (χ1n) is 6.29. The van der Waals surface area contributed by atoms with Gasteiger partial charge in [-0.2, -0.15) is 0 Å². The Morgan fingerprint density at radius 3 is 3.00 bits per heavy atom. The van der Waals surface area contributed by atoms with E-state index in [4.69, 9.17) is 14.5 Å². The maximum atomic E-state index is 11.6. The van der Waals surface area contributed by atoms with Crippen LogP contribution < -0.4 is 5.56 Å². The highest BCUT2D eigenvalue weighted by Crippen LogP contribution is 2.38. The summed E-state index contributed by atoms with van der Waals surface area (Å²) in [5.74, 6) is 0. The average Bonchev–Trinajstić information content (AvgIpc) is 3.00. The van der Waals surface area contributed by atoms with Crippen LogP contribution in [0.2, 0.25) is 0 Å². The van der Waals surface area contributed by atoms with Crippen molar-refractivity contribution in [2.24, 2.45) is 0 Å². The van der Waals surface area contributed by atoms with E-state index in [2.05, 4.69) is 19.5 Å². The van der Waals surface area contributed by atoms with Gasteiger partial charge in [-0.05, 0) is 0 Å². The standard InChI is InChI=1S/C10H13N4O7P/c15-5-1-7(21-6(5)2-20-22(17,18)19)14-4-13-8-9(14)11-3-12-10(8)16/h3-7,15H,1-2H2,(H,11,12,16)(H2,17,18,19)/t5-,6+,7+/m0/s1. The lowest BCUT2D eigenvalue weighted by Gasteiger charge is -2.16. The number of hydrogen-bond donors (Lipinski definition) is 4. The molecule has 2 aromatic heterocycles. The Bertz CT molecular complexity index is 783. The van der Waals surface area contributed by atoms with Crippen LogP contribution in [-0.2, 0) is 13.8 Å².